The minimum atomic E-state index is -1.16. The van der Waals surface area contributed by atoms with Crippen LogP contribution in [0.3, 0.4) is 0 Å². The van der Waals surface area contributed by atoms with Crippen molar-refractivity contribution in [3.05, 3.63) is 11.5 Å². The number of carbonyl (C=O) groups is 1. The fourth-order valence-corrected chi connectivity index (χ4v) is 2.58. The summed E-state index contributed by atoms with van der Waals surface area (Å²) in [5.41, 5.74) is 0.935. The van der Waals surface area contributed by atoms with Crippen molar-refractivity contribution in [1.82, 2.24) is 15.1 Å². The van der Waals surface area contributed by atoms with Gasteiger partial charge in [0.2, 0.25) is 5.82 Å². The highest BCUT2D eigenvalue weighted by Crippen LogP contribution is 2.28. The van der Waals surface area contributed by atoms with Crippen LogP contribution in [0.1, 0.15) is 42.0 Å². The van der Waals surface area contributed by atoms with Crippen LogP contribution in [0.5, 0.6) is 0 Å². The third-order valence-electron chi connectivity index (χ3n) is 3.58. The summed E-state index contributed by atoms with van der Waals surface area (Å²) in [5, 5.41) is 13.7. The SMILES string of the molecule is Cc1noc2nc(C(=O)O)nc(N3CCCCCC3)c12. The zero-order valence-corrected chi connectivity index (χ0v) is 11.3. The average Bonchev–Trinajstić information content (AvgIpc) is 2.67. The van der Waals surface area contributed by atoms with Gasteiger partial charge in [0.15, 0.2) is 0 Å². The van der Waals surface area contributed by atoms with Crippen LogP contribution in [0, 0.1) is 6.92 Å². The Morgan fingerprint density at radius 3 is 2.55 bits per heavy atom. The molecule has 1 fully saturated rings. The second-order valence-electron chi connectivity index (χ2n) is 5.03. The first-order valence-electron chi connectivity index (χ1n) is 6.79. The average molecular weight is 276 g/mol. The number of aromatic nitrogens is 3. The van der Waals surface area contributed by atoms with E-state index in [9.17, 15) is 4.79 Å². The van der Waals surface area contributed by atoms with Crippen molar-refractivity contribution in [2.45, 2.75) is 32.6 Å². The van der Waals surface area contributed by atoms with Crippen molar-refractivity contribution in [3.63, 3.8) is 0 Å². The molecule has 3 heterocycles. The topological polar surface area (TPSA) is 92.3 Å². The maximum Gasteiger partial charge on any atom is 0.374 e. The van der Waals surface area contributed by atoms with E-state index in [0.29, 0.717) is 11.5 Å². The molecule has 0 radical (unpaired) electrons. The maximum atomic E-state index is 11.1. The van der Waals surface area contributed by atoms with E-state index < -0.39 is 5.97 Å². The van der Waals surface area contributed by atoms with E-state index >= 15 is 0 Å². The molecule has 0 amide bonds. The summed E-state index contributed by atoms with van der Waals surface area (Å²) in [5.74, 6) is -0.766. The van der Waals surface area contributed by atoms with Gasteiger partial charge in [0, 0.05) is 13.1 Å². The maximum absolute atomic E-state index is 11.1. The molecule has 0 saturated carbocycles. The number of carboxylic acid groups (broad SMARTS) is 1. The minimum absolute atomic E-state index is 0.243. The summed E-state index contributed by atoms with van der Waals surface area (Å²) in [4.78, 5) is 21.4. The van der Waals surface area contributed by atoms with Gasteiger partial charge in [-0.05, 0) is 19.8 Å². The summed E-state index contributed by atoms with van der Waals surface area (Å²) in [7, 11) is 0. The molecule has 1 aliphatic rings. The summed E-state index contributed by atoms with van der Waals surface area (Å²) in [6.07, 6.45) is 4.55. The van der Waals surface area contributed by atoms with E-state index in [-0.39, 0.29) is 11.5 Å². The van der Waals surface area contributed by atoms with Gasteiger partial charge in [0.1, 0.15) is 11.2 Å². The van der Waals surface area contributed by atoms with Gasteiger partial charge in [-0.15, -0.1) is 0 Å². The highest BCUT2D eigenvalue weighted by Gasteiger charge is 2.22. The van der Waals surface area contributed by atoms with E-state index in [1.54, 1.807) is 0 Å². The van der Waals surface area contributed by atoms with E-state index in [1.165, 1.54) is 12.8 Å². The first-order valence-corrected chi connectivity index (χ1v) is 6.79. The number of anilines is 1. The molecule has 2 aromatic rings. The molecule has 1 saturated heterocycles. The van der Waals surface area contributed by atoms with Crippen LogP contribution in [0.15, 0.2) is 4.52 Å². The molecule has 20 heavy (non-hydrogen) atoms. The van der Waals surface area contributed by atoms with E-state index in [1.807, 2.05) is 6.92 Å². The number of aryl methyl sites for hydroxylation is 1. The van der Waals surface area contributed by atoms with Crippen molar-refractivity contribution in [2.75, 3.05) is 18.0 Å². The molecule has 0 aliphatic carbocycles. The molecule has 3 rings (SSSR count). The fraction of sp³-hybridized carbons (Fsp3) is 0.538. The number of rotatable bonds is 2. The number of nitrogens with zero attached hydrogens (tertiary/aromatic N) is 4. The van der Waals surface area contributed by atoms with Crippen molar-refractivity contribution in [2.24, 2.45) is 0 Å². The zero-order chi connectivity index (χ0) is 14.1. The first kappa shape index (κ1) is 12.8. The normalized spacial score (nSPS) is 16.4. The van der Waals surface area contributed by atoms with Crippen molar-refractivity contribution in [1.29, 1.82) is 0 Å². The molecule has 0 bridgehead atoms. The third kappa shape index (κ3) is 2.19. The van der Waals surface area contributed by atoms with Crippen LogP contribution in [0.25, 0.3) is 11.1 Å². The van der Waals surface area contributed by atoms with Crippen LogP contribution in [0.2, 0.25) is 0 Å². The Hall–Kier alpha value is -2.18. The molecule has 2 aromatic heterocycles. The van der Waals surface area contributed by atoms with Crippen molar-refractivity contribution < 1.29 is 14.4 Å². The lowest BCUT2D eigenvalue weighted by molar-refractivity contribution is 0.0683. The van der Waals surface area contributed by atoms with Gasteiger partial charge in [0.25, 0.3) is 5.71 Å². The Kier molecular flexibility index (Phi) is 3.25. The molecule has 7 heteroatoms. The van der Waals surface area contributed by atoms with Crippen LogP contribution < -0.4 is 4.90 Å². The first-order chi connectivity index (χ1) is 9.66. The van der Waals surface area contributed by atoms with Crippen LogP contribution >= 0.6 is 0 Å². The van der Waals surface area contributed by atoms with Crippen molar-refractivity contribution >= 4 is 22.9 Å². The van der Waals surface area contributed by atoms with Gasteiger partial charge in [-0.2, -0.15) is 4.98 Å². The van der Waals surface area contributed by atoms with Gasteiger partial charge in [-0.1, -0.05) is 18.0 Å². The summed E-state index contributed by atoms with van der Waals surface area (Å²) in [6, 6.07) is 0. The Morgan fingerprint density at radius 2 is 1.90 bits per heavy atom. The lowest BCUT2D eigenvalue weighted by Gasteiger charge is -2.21. The molecule has 1 N–H and O–H groups in total. The minimum Gasteiger partial charge on any atom is -0.475 e. The summed E-state index contributed by atoms with van der Waals surface area (Å²) < 4.78 is 5.11. The van der Waals surface area contributed by atoms with E-state index in [4.69, 9.17) is 9.63 Å². The Bertz CT molecular complexity index is 644. The molecule has 1 aliphatic heterocycles. The Labute approximate surface area is 115 Å². The van der Waals surface area contributed by atoms with E-state index in [0.717, 1.165) is 31.3 Å². The highest BCUT2D eigenvalue weighted by atomic mass is 16.5. The Morgan fingerprint density at radius 1 is 1.20 bits per heavy atom. The lowest BCUT2D eigenvalue weighted by Crippen LogP contribution is -2.26. The summed E-state index contributed by atoms with van der Waals surface area (Å²) in [6.45, 7) is 3.56. The van der Waals surface area contributed by atoms with E-state index in [2.05, 4.69) is 20.0 Å². The molecule has 0 unspecified atom stereocenters. The lowest BCUT2D eigenvalue weighted by atomic mass is 10.2. The molecule has 106 valence electrons. The number of fused-ring (bicyclic) bond motifs is 1. The predicted molar refractivity (Wildman–Crippen MR) is 72.0 cm³/mol. The van der Waals surface area contributed by atoms with Gasteiger partial charge < -0.3 is 14.5 Å². The number of carboxylic acids is 1. The number of aromatic carboxylic acids is 1. The van der Waals surface area contributed by atoms with Gasteiger partial charge >= 0.3 is 5.97 Å². The number of hydrogen-bond acceptors (Lipinski definition) is 6. The second-order valence-corrected chi connectivity index (χ2v) is 5.03. The Balaban J connectivity index is 2.15. The smallest absolute Gasteiger partial charge is 0.374 e. The molecular formula is C13H16N4O3. The van der Waals surface area contributed by atoms with Gasteiger partial charge in [0.05, 0.1) is 5.69 Å². The van der Waals surface area contributed by atoms with Crippen LogP contribution in [0.4, 0.5) is 5.82 Å². The standard InChI is InChI=1S/C13H16N4O3/c1-8-9-11(17-6-4-2-3-5-7-17)14-10(13(18)19)15-12(9)20-16-8/h2-7H2,1H3,(H,18,19). The third-order valence-corrected chi connectivity index (χ3v) is 3.58. The van der Waals surface area contributed by atoms with Crippen LogP contribution in [-0.4, -0.2) is 39.3 Å². The molecular weight excluding hydrogens is 260 g/mol. The van der Waals surface area contributed by atoms with Gasteiger partial charge in [-0.25, -0.2) is 9.78 Å². The zero-order valence-electron chi connectivity index (χ0n) is 11.3. The van der Waals surface area contributed by atoms with Gasteiger partial charge in [-0.3, -0.25) is 0 Å². The summed E-state index contributed by atoms with van der Waals surface area (Å²) >= 11 is 0. The van der Waals surface area contributed by atoms with Crippen molar-refractivity contribution in [3.8, 4) is 0 Å². The molecule has 7 nitrogen and oxygen atoms in total. The molecule has 0 atom stereocenters. The molecule has 0 aromatic carbocycles. The number of hydrogen-bond donors (Lipinski definition) is 1. The fourth-order valence-electron chi connectivity index (χ4n) is 2.58. The molecule has 0 spiro atoms. The largest absolute Gasteiger partial charge is 0.475 e. The predicted octanol–water partition coefficient (Wildman–Crippen LogP) is 2.00. The van der Waals surface area contributed by atoms with Crippen LogP contribution in [-0.2, 0) is 0 Å². The second kappa shape index (κ2) is 5.07. The monoisotopic (exact) mass is 276 g/mol. The highest BCUT2D eigenvalue weighted by molar-refractivity contribution is 5.92. The quantitative estimate of drug-likeness (QED) is 0.896.